The summed E-state index contributed by atoms with van der Waals surface area (Å²) >= 11 is 1.28. The SMILES string of the molecule is COc1ccc(NC(=O)N[C@@H](CCCCNS(N)(=O)=O)C(=O)Nc2nc(-c3ccccc3)cs2)cc1. The number of aromatic nitrogens is 1. The summed E-state index contributed by atoms with van der Waals surface area (Å²) in [5, 5.41) is 15.3. The number of rotatable bonds is 12. The van der Waals surface area contributed by atoms with Crippen molar-refractivity contribution in [3.63, 3.8) is 0 Å². The minimum atomic E-state index is -3.79. The van der Waals surface area contributed by atoms with Gasteiger partial charge in [0.15, 0.2) is 5.13 Å². The average molecular weight is 533 g/mol. The molecule has 3 aromatic rings. The minimum absolute atomic E-state index is 0.123. The smallest absolute Gasteiger partial charge is 0.319 e. The van der Waals surface area contributed by atoms with Gasteiger partial charge in [0, 0.05) is 23.2 Å². The lowest BCUT2D eigenvalue weighted by Gasteiger charge is -2.18. The summed E-state index contributed by atoms with van der Waals surface area (Å²) < 4.78 is 29.4. The highest BCUT2D eigenvalue weighted by atomic mass is 32.2. The number of anilines is 2. The monoisotopic (exact) mass is 532 g/mol. The molecule has 11 nitrogen and oxygen atoms in total. The van der Waals surface area contributed by atoms with Crippen molar-refractivity contribution < 1.29 is 22.7 Å². The van der Waals surface area contributed by atoms with Gasteiger partial charge in [-0.2, -0.15) is 8.42 Å². The minimum Gasteiger partial charge on any atom is -0.497 e. The molecule has 3 rings (SSSR count). The summed E-state index contributed by atoms with van der Waals surface area (Å²) in [7, 11) is -2.24. The second kappa shape index (κ2) is 13.0. The molecule has 0 aliphatic carbocycles. The zero-order valence-corrected chi connectivity index (χ0v) is 21.2. The van der Waals surface area contributed by atoms with Gasteiger partial charge in [0.05, 0.1) is 12.8 Å². The van der Waals surface area contributed by atoms with Crippen molar-refractivity contribution in [1.29, 1.82) is 0 Å². The van der Waals surface area contributed by atoms with Crippen LogP contribution < -0.4 is 30.5 Å². The number of thiazole rings is 1. The number of unbranched alkanes of at least 4 members (excludes halogenated alkanes) is 1. The van der Waals surface area contributed by atoms with E-state index in [1.807, 2.05) is 35.7 Å². The van der Waals surface area contributed by atoms with Crippen LogP contribution in [0.4, 0.5) is 15.6 Å². The summed E-state index contributed by atoms with van der Waals surface area (Å²) in [6, 6.07) is 14.8. The number of hydrogen-bond acceptors (Lipinski definition) is 7. The summed E-state index contributed by atoms with van der Waals surface area (Å²) in [4.78, 5) is 30.1. The fourth-order valence-electron chi connectivity index (χ4n) is 3.22. The van der Waals surface area contributed by atoms with Crippen LogP contribution in [0.3, 0.4) is 0 Å². The molecule has 0 radical (unpaired) electrons. The van der Waals surface area contributed by atoms with Crippen LogP contribution in [0.25, 0.3) is 11.3 Å². The first kappa shape index (κ1) is 27.1. The molecule has 0 fully saturated rings. The highest BCUT2D eigenvalue weighted by Gasteiger charge is 2.22. The zero-order chi connectivity index (χ0) is 26.0. The van der Waals surface area contributed by atoms with E-state index in [0.29, 0.717) is 29.4 Å². The van der Waals surface area contributed by atoms with Crippen LogP contribution in [0.2, 0.25) is 0 Å². The van der Waals surface area contributed by atoms with Crippen LogP contribution in [0, 0.1) is 0 Å². The van der Waals surface area contributed by atoms with E-state index in [-0.39, 0.29) is 13.0 Å². The lowest BCUT2D eigenvalue weighted by atomic mass is 10.1. The molecule has 192 valence electrons. The molecule has 1 heterocycles. The molecule has 0 bridgehead atoms. The third-order valence-corrected chi connectivity index (χ3v) is 6.36. The van der Waals surface area contributed by atoms with Crippen molar-refractivity contribution in [2.75, 3.05) is 24.3 Å². The summed E-state index contributed by atoms with van der Waals surface area (Å²) in [5.41, 5.74) is 2.18. The number of amides is 3. The number of urea groups is 1. The Kier molecular flexibility index (Phi) is 9.76. The van der Waals surface area contributed by atoms with Gasteiger partial charge in [0.25, 0.3) is 10.2 Å². The molecule has 0 unspecified atom stereocenters. The Balaban J connectivity index is 1.62. The van der Waals surface area contributed by atoms with Crippen molar-refractivity contribution in [3.05, 3.63) is 60.0 Å². The van der Waals surface area contributed by atoms with Crippen molar-refractivity contribution >= 4 is 44.3 Å². The fourth-order valence-corrected chi connectivity index (χ4v) is 4.37. The lowest BCUT2D eigenvalue weighted by Crippen LogP contribution is -2.45. The van der Waals surface area contributed by atoms with Crippen LogP contribution in [-0.2, 0) is 15.0 Å². The molecule has 0 aliphatic heterocycles. The topological polar surface area (TPSA) is 165 Å². The van der Waals surface area contributed by atoms with Crippen LogP contribution in [0.1, 0.15) is 19.3 Å². The van der Waals surface area contributed by atoms with Gasteiger partial charge in [-0.3, -0.25) is 4.79 Å². The Labute approximate surface area is 213 Å². The van der Waals surface area contributed by atoms with Gasteiger partial charge in [-0.1, -0.05) is 30.3 Å². The Bertz CT molecular complexity index is 1250. The van der Waals surface area contributed by atoms with E-state index in [0.717, 1.165) is 11.3 Å². The van der Waals surface area contributed by atoms with Crippen LogP contribution in [-0.4, -0.2) is 45.0 Å². The summed E-state index contributed by atoms with van der Waals surface area (Å²) in [6.07, 6.45) is 1.15. The highest BCUT2D eigenvalue weighted by Crippen LogP contribution is 2.25. The Morgan fingerprint density at radius 2 is 1.78 bits per heavy atom. The maximum Gasteiger partial charge on any atom is 0.319 e. The molecular formula is C23H28N6O5S2. The molecule has 36 heavy (non-hydrogen) atoms. The second-order valence-corrected chi connectivity index (χ2v) is 9.94. The number of carbonyl (C=O) groups excluding carboxylic acids is 2. The molecule has 1 atom stereocenters. The first-order valence-electron chi connectivity index (χ1n) is 11.0. The molecule has 0 aliphatic rings. The van der Waals surface area contributed by atoms with Crippen molar-refractivity contribution in [2.45, 2.75) is 25.3 Å². The molecule has 13 heteroatoms. The van der Waals surface area contributed by atoms with Gasteiger partial charge in [-0.15, -0.1) is 11.3 Å². The Morgan fingerprint density at radius 3 is 2.44 bits per heavy atom. The quantitative estimate of drug-likeness (QED) is 0.225. The predicted molar refractivity (Wildman–Crippen MR) is 140 cm³/mol. The number of nitrogens with two attached hydrogens (primary N) is 1. The predicted octanol–water partition coefficient (Wildman–Crippen LogP) is 2.91. The molecule has 6 N–H and O–H groups in total. The normalized spacial score (nSPS) is 11.9. The van der Waals surface area contributed by atoms with Gasteiger partial charge < -0.3 is 20.7 Å². The maximum absolute atomic E-state index is 13.0. The lowest BCUT2D eigenvalue weighted by molar-refractivity contribution is -0.118. The number of carbonyl (C=O) groups is 2. The zero-order valence-electron chi connectivity index (χ0n) is 19.6. The average Bonchev–Trinajstić information content (AvgIpc) is 3.32. The Hall–Kier alpha value is -3.52. The van der Waals surface area contributed by atoms with E-state index in [9.17, 15) is 18.0 Å². The fraction of sp³-hybridized carbons (Fsp3) is 0.261. The summed E-state index contributed by atoms with van der Waals surface area (Å²) in [5.74, 6) is 0.206. The number of ether oxygens (including phenoxy) is 1. The van der Waals surface area contributed by atoms with Crippen LogP contribution in [0.5, 0.6) is 5.75 Å². The van der Waals surface area contributed by atoms with Gasteiger partial charge >= 0.3 is 6.03 Å². The van der Waals surface area contributed by atoms with E-state index in [1.54, 1.807) is 31.4 Å². The van der Waals surface area contributed by atoms with Crippen LogP contribution >= 0.6 is 11.3 Å². The molecular weight excluding hydrogens is 504 g/mol. The maximum atomic E-state index is 13.0. The van der Waals surface area contributed by atoms with Crippen molar-refractivity contribution in [2.24, 2.45) is 5.14 Å². The molecule has 1 aromatic heterocycles. The molecule has 0 saturated heterocycles. The number of nitrogens with one attached hydrogen (secondary N) is 4. The standard InChI is InChI=1S/C23H28N6O5S2/c1-34-18-12-10-17(11-13-18)26-22(31)27-19(9-5-6-14-25-36(24,32)33)21(30)29-23-28-20(15-35-23)16-7-3-2-4-8-16/h2-4,7-8,10-13,15,19,25H,5-6,9,14H2,1H3,(H2,24,32,33)(H2,26,27,31)(H,28,29,30)/t19-/m0/s1. The molecule has 0 spiro atoms. The Morgan fingerprint density at radius 1 is 1.06 bits per heavy atom. The van der Waals surface area contributed by atoms with Crippen molar-refractivity contribution in [1.82, 2.24) is 15.0 Å². The molecule has 2 aromatic carbocycles. The largest absolute Gasteiger partial charge is 0.497 e. The van der Waals surface area contributed by atoms with E-state index in [4.69, 9.17) is 9.88 Å². The molecule has 0 saturated carbocycles. The number of nitrogens with zero attached hydrogens (tertiary/aromatic N) is 1. The van der Waals surface area contributed by atoms with Gasteiger partial charge in [-0.05, 0) is 43.5 Å². The van der Waals surface area contributed by atoms with Crippen LogP contribution in [0.15, 0.2) is 60.0 Å². The van der Waals surface area contributed by atoms with Gasteiger partial charge in [-0.25, -0.2) is 19.6 Å². The summed E-state index contributed by atoms with van der Waals surface area (Å²) in [6.45, 7) is 0.123. The third-order valence-electron chi connectivity index (χ3n) is 5.00. The van der Waals surface area contributed by atoms with E-state index < -0.39 is 28.2 Å². The van der Waals surface area contributed by atoms with E-state index in [2.05, 4.69) is 25.7 Å². The highest BCUT2D eigenvalue weighted by molar-refractivity contribution is 7.87. The van der Waals surface area contributed by atoms with E-state index >= 15 is 0 Å². The second-order valence-electron chi connectivity index (χ2n) is 7.71. The number of methoxy groups -OCH3 is 1. The van der Waals surface area contributed by atoms with Crippen molar-refractivity contribution in [3.8, 4) is 17.0 Å². The van der Waals surface area contributed by atoms with Gasteiger partial charge in [0.1, 0.15) is 11.8 Å². The molecule has 3 amide bonds. The number of hydrogen-bond donors (Lipinski definition) is 5. The number of benzene rings is 2. The van der Waals surface area contributed by atoms with Gasteiger partial charge in [0.2, 0.25) is 5.91 Å². The first-order valence-corrected chi connectivity index (χ1v) is 13.5. The first-order chi connectivity index (χ1) is 17.2. The third kappa shape index (κ3) is 8.92. The van der Waals surface area contributed by atoms with E-state index in [1.165, 1.54) is 11.3 Å².